The lowest BCUT2D eigenvalue weighted by atomic mass is 10.0. The first-order chi connectivity index (χ1) is 19.2. The Bertz CT molecular complexity index is 1510. The number of nitrogens with zero attached hydrogens (tertiary/aromatic N) is 2. The fraction of sp³-hybridized carbons (Fsp3) is 0.167. The number of rotatable bonds is 10. The molecular weight excluding hydrogens is 530 g/mol. The summed E-state index contributed by atoms with van der Waals surface area (Å²) >= 11 is 5.31. The largest absolute Gasteiger partial charge is 0.493 e. The van der Waals surface area contributed by atoms with E-state index in [2.05, 4.69) is 11.9 Å². The summed E-state index contributed by atoms with van der Waals surface area (Å²) in [5, 5.41) is 13.5. The van der Waals surface area contributed by atoms with Gasteiger partial charge >= 0.3 is 0 Å². The number of thiocarbonyl (C=S) groups is 1. The highest BCUT2D eigenvalue weighted by Gasteiger charge is 2.34. The van der Waals surface area contributed by atoms with Crippen LogP contribution in [0.25, 0.3) is 6.08 Å². The molecule has 4 rings (SSSR count). The average molecular weight is 558 g/mol. The summed E-state index contributed by atoms with van der Waals surface area (Å²) < 4.78 is 11.6. The Morgan fingerprint density at radius 1 is 1.07 bits per heavy atom. The number of nitro benzene ring substituents is 1. The maximum absolute atomic E-state index is 13.5. The molecule has 1 saturated heterocycles. The van der Waals surface area contributed by atoms with E-state index < -0.39 is 16.7 Å². The molecule has 3 aromatic rings. The number of benzene rings is 3. The number of methoxy groups -OCH3 is 1. The molecular formula is C30H27N3O6S. The van der Waals surface area contributed by atoms with Gasteiger partial charge in [-0.1, -0.05) is 25.1 Å². The molecule has 1 aliphatic rings. The van der Waals surface area contributed by atoms with E-state index in [9.17, 15) is 19.7 Å². The number of hydrogen-bond acceptors (Lipinski definition) is 7. The van der Waals surface area contributed by atoms with Crippen LogP contribution in [0, 0.1) is 10.1 Å². The van der Waals surface area contributed by atoms with E-state index in [1.54, 1.807) is 42.5 Å². The first-order valence-electron chi connectivity index (χ1n) is 12.4. The lowest BCUT2D eigenvalue weighted by molar-refractivity contribution is -0.384. The first-order valence-corrected chi connectivity index (χ1v) is 12.8. The number of nitrogens with one attached hydrogen (secondary N) is 1. The third kappa shape index (κ3) is 6.08. The molecule has 1 N–H and O–H groups in total. The van der Waals surface area contributed by atoms with E-state index in [4.69, 9.17) is 21.7 Å². The summed E-state index contributed by atoms with van der Waals surface area (Å²) in [6.45, 7) is 5.99. The van der Waals surface area contributed by atoms with Crippen molar-refractivity contribution in [2.24, 2.45) is 0 Å². The van der Waals surface area contributed by atoms with Crippen LogP contribution in [0.1, 0.15) is 29.2 Å². The molecule has 0 unspecified atom stereocenters. The Morgan fingerprint density at radius 3 is 2.35 bits per heavy atom. The fourth-order valence-electron chi connectivity index (χ4n) is 4.20. The molecule has 0 spiro atoms. The van der Waals surface area contributed by atoms with E-state index >= 15 is 0 Å². The second-order valence-corrected chi connectivity index (χ2v) is 9.28. The average Bonchev–Trinajstić information content (AvgIpc) is 2.95. The van der Waals surface area contributed by atoms with Crippen LogP contribution in [0.15, 0.2) is 78.9 Å². The predicted molar refractivity (Wildman–Crippen MR) is 156 cm³/mol. The number of carbonyl (C=O) groups excluding carboxylic acids is 2. The van der Waals surface area contributed by atoms with E-state index in [1.807, 2.05) is 19.1 Å². The molecule has 1 aliphatic heterocycles. The maximum Gasteiger partial charge on any atom is 0.270 e. The lowest BCUT2D eigenvalue weighted by Gasteiger charge is -2.29. The van der Waals surface area contributed by atoms with E-state index in [0.29, 0.717) is 34.7 Å². The van der Waals surface area contributed by atoms with Crippen LogP contribution >= 0.6 is 12.2 Å². The summed E-state index contributed by atoms with van der Waals surface area (Å²) in [7, 11) is 1.49. The highest BCUT2D eigenvalue weighted by molar-refractivity contribution is 7.80. The number of non-ortho nitro benzene ring substituents is 1. The van der Waals surface area contributed by atoms with Crippen molar-refractivity contribution in [3.8, 4) is 11.5 Å². The molecule has 0 saturated carbocycles. The molecule has 2 amide bonds. The van der Waals surface area contributed by atoms with Crippen molar-refractivity contribution in [2.45, 2.75) is 26.4 Å². The Morgan fingerprint density at radius 2 is 1.75 bits per heavy atom. The normalized spacial score (nSPS) is 14.2. The molecule has 40 heavy (non-hydrogen) atoms. The van der Waals surface area contributed by atoms with Gasteiger partial charge in [-0.3, -0.25) is 29.9 Å². The number of anilines is 1. The molecule has 3 aromatic carbocycles. The zero-order valence-corrected chi connectivity index (χ0v) is 22.8. The number of aryl methyl sites for hydroxylation is 1. The molecule has 0 bridgehead atoms. The van der Waals surface area contributed by atoms with Crippen molar-refractivity contribution in [3.63, 3.8) is 0 Å². The highest BCUT2D eigenvalue weighted by atomic mass is 32.1. The summed E-state index contributed by atoms with van der Waals surface area (Å²) in [5.74, 6) is -0.291. The Labute approximate surface area is 236 Å². The van der Waals surface area contributed by atoms with Gasteiger partial charge in [-0.25, -0.2) is 0 Å². The van der Waals surface area contributed by atoms with Crippen molar-refractivity contribution in [1.29, 1.82) is 0 Å². The van der Waals surface area contributed by atoms with Crippen molar-refractivity contribution >= 4 is 46.6 Å². The Hall–Kier alpha value is -4.83. The second-order valence-electron chi connectivity index (χ2n) is 8.89. The quantitative estimate of drug-likeness (QED) is 0.0899. The monoisotopic (exact) mass is 557 g/mol. The lowest BCUT2D eigenvalue weighted by Crippen LogP contribution is -2.54. The van der Waals surface area contributed by atoms with Crippen LogP contribution in [-0.4, -0.2) is 29.0 Å². The molecule has 0 aromatic heterocycles. The zero-order chi connectivity index (χ0) is 28.8. The summed E-state index contributed by atoms with van der Waals surface area (Å²) in [6, 6.07) is 16.9. The van der Waals surface area contributed by atoms with Gasteiger partial charge in [0.25, 0.3) is 17.5 Å². The van der Waals surface area contributed by atoms with Crippen molar-refractivity contribution in [1.82, 2.24) is 5.32 Å². The zero-order valence-electron chi connectivity index (χ0n) is 22.0. The first kappa shape index (κ1) is 28.2. The van der Waals surface area contributed by atoms with Crippen LogP contribution in [0.5, 0.6) is 11.5 Å². The molecule has 10 heteroatoms. The molecule has 1 fully saturated rings. The van der Waals surface area contributed by atoms with Crippen LogP contribution in [0.2, 0.25) is 0 Å². The van der Waals surface area contributed by atoms with E-state index in [0.717, 1.165) is 17.5 Å². The minimum Gasteiger partial charge on any atom is -0.493 e. The molecule has 0 aliphatic carbocycles. The Balaban J connectivity index is 1.66. The van der Waals surface area contributed by atoms with E-state index in [-0.39, 0.29) is 23.0 Å². The number of ether oxygens (including phenoxy) is 2. The highest BCUT2D eigenvalue weighted by Crippen LogP contribution is 2.35. The third-order valence-corrected chi connectivity index (χ3v) is 6.57. The van der Waals surface area contributed by atoms with Gasteiger partial charge in [-0.15, -0.1) is 6.58 Å². The van der Waals surface area contributed by atoms with E-state index in [1.165, 1.54) is 30.2 Å². The van der Waals surface area contributed by atoms with Gasteiger partial charge in [0.05, 0.1) is 17.7 Å². The van der Waals surface area contributed by atoms with Gasteiger partial charge in [-0.2, -0.15) is 0 Å². The van der Waals surface area contributed by atoms with Crippen molar-refractivity contribution in [2.75, 3.05) is 12.0 Å². The Kier molecular flexibility index (Phi) is 8.70. The topological polar surface area (TPSA) is 111 Å². The number of allylic oxidation sites excluding steroid dienone is 1. The third-order valence-electron chi connectivity index (χ3n) is 6.28. The molecule has 9 nitrogen and oxygen atoms in total. The predicted octanol–water partition coefficient (Wildman–Crippen LogP) is 5.30. The summed E-state index contributed by atoms with van der Waals surface area (Å²) in [6.07, 6.45) is 4.46. The number of hydrogen-bond donors (Lipinski definition) is 1. The molecule has 0 atom stereocenters. The second kappa shape index (κ2) is 12.4. The van der Waals surface area contributed by atoms with Crippen LogP contribution < -0.4 is 19.7 Å². The SMILES string of the molecule is C=CCc1cc(/C=C2\C(=O)NC(=S)N(c3ccc(CC)cc3)C2=O)cc(OC)c1OCc1ccc([N+](=O)[O-])cc1. The van der Waals surface area contributed by atoms with Crippen LogP contribution in [0.3, 0.4) is 0 Å². The standard InChI is InChI=1S/C30H27N3O6S/c1-4-6-22-15-21(17-26(38-3)27(22)39-18-20-9-13-24(14-10-20)33(36)37)16-25-28(34)31-30(40)32(29(25)35)23-11-7-19(5-2)8-12-23/h4,7-17H,1,5-6,18H2,2-3H3,(H,31,34,40)/b25-16+. The van der Waals surface area contributed by atoms with Gasteiger partial charge in [0.1, 0.15) is 12.2 Å². The van der Waals surface area contributed by atoms with Gasteiger partial charge < -0.3 is 9.47 Å². The number of carbonyl (C=O) groups is 2. The molecule has 1 heterocycles. The molecule has 0 radical (unpaired) electrons. The summed E-state index contributed by atoms with van der Waals surface area (Å²) in [4.78, 5) is 38.0. The maximum atomic E-state index is 13.5. The van der Waals surface area contributed by atoms with Gasteiger partial charge in [0.2, 0.25) is 0 Å². The van der Waals surface area contributed by atoms with Crippen molar-refractivity contribution in [3.05, 3.63) is 111 Å². The number of nitro groups is 1. The smallest absolute Gasteiger partial charge is 0.270 e. The minimum absolute atomic E-state index is 0.00957. The van der Waals surface area contributed by atoms with Gasteiger partial charge in [0.15, 0.2) is 16.6 Å². The fourth-order valence-corrected chi connectivity index (χ4v) is 4.48. The van der Waals surface area contributed by atoms with Gasteiger partial charge in [0, 0.05) is 17.7 Å². The van der Waals surface area contributed by atoms with Crippen LogP contribution in [-0.2, 0) is 29.0 Å². The minimum atomic E-state index is -0.598. The van der Waals surface area contributed by atoms with Crippen molar-refractivity contribution < 1.29 is 24.0 Å². The van der Waals surface area contributed by atoms with Gasteiger partial charge in [-0.05, 0) is 84.2 Å². The summed E-state index contributed by atoms with van der Waals surface area (Å²) in [5.41, 5.74) is 3.56. The number of amides is 2. The van der Waals surface area contributed by atoms with Crippen LogP contribution in [0.4, 0.5) is 11.4 Å². The molecule has 204 valence electrons.